The maximum absolute atomic E-state index is 9.82. The molecular weight excluding hydrogens is 470 g/mol. The lowest BCUT2D eigenvalue weighted by atomic mass is 10.2. The van der Waals surface area contributed by atoms with Crippen molar-refractivity contribution < 1.29 is 10.2 Å². The molecule has 6 nitrogen and oxygen atoms in total. The molecule has 0 heterocycles. The molecule has 0 spiro atoms. The molecule has 0 aromatic heterocycles. The first-order chi connectivity index (χ1) is 14.4. The fraction of sp³-hybridized carbons (Fsp3) is 0.300. The van der Waals surface area contributed by atoms with E-state index in [2.05, 4.69) is 20.6 Å². The largest absolute Gasteiger partial charge is 0.507 e. The van der Waals surface area contributed by atoms with Crippen molar-refractivity contribution in [2.45, 2.75) is 0 Å². The zero-order valence-electron chi connectivity index (χ0n) is 16.0. The Bertz CT molecular complexity index is 787. The van der Waals surface area contributed by atoms with Gasteiger partial charge in [0.25, 0.3) is 0 Å². The molecule has 0 aliphatic rings. The van der Waals surface area contributed by atoms with Crippen LogP contribution in [0.25, 0.3) is 0 Å². The molecule has 0 aliphatic heterocycles. The number of rotatable bonds is 11. The third kappa shape index (κ3) is 8.30. The summed E-state index contributed by atoms with van der Waals surface area (Å²) < 4.78 is 0. The SMILES string of the molecule is Oc1cc(Cl)cc(Cl)c1C=NCCNCCNCCN=Cc1c(O)cc(Cl)cc1Cl. The Morgan fingerprint density at radius 2 is 1.07 bits per heavy atom. The van der Waals surface area contributed by atoms with Crippen LogP contribution >= 0.6 is 46.4 Å². The molecule has 2 aromatic rings. The minimum Gasteiger partial charge on any atom is -0.507 e. The first-order valence-corrected chi connectivity index (χ1v) is 10.7. The zero-order chi connectivity index (χ0) is 21.9. The molecule has 10 heteroatoms. The van der Waals surface area contributed by atoms with Crippen LogP contribution in [0.3, 0.4) is 0 Å². The number of benzene rings is 2. The summed E-state index contributed by atoms with van der Waals surface area (Å²) in [6, 6.07) is 5.97. The van der Waals surface area contributed by atoms with Gasteiger partial charge in [-0.15, -0.1) is 0 Å². The van der Waals surface area contributed by atoms with E-state index < -0.39 is 0 Å². The molecule has 2 rings (SSSR count). The number of halogens is 4. The van der Waals surface area contributed by atoms with Gasteiger partial charge in [0.1, 0.15) is 11.5 Å². The van der Waals surface area contributed by atoms with Crippen LogP contribution in [0, 0.1) is 0 Å². The van der Waals surface area contributed by atoms with Gasteiger partial charge in [0, 0.05) is 48.7 Å². The first kappa shape index (κ1) is 24.7. The van der Waals surface area contributed by atoms with Gasteiger partial charge in [-0.05, 0) is 24.3 Å². The fourth-order valence-electron chi connectivity index (χ4n) is 2.42. The second-order valence-electron chi connectivity index (χ2n) is 6.21. The number of aromatic hydroxyl groups is 2. The highest BCUT2D eigenvalue weighted by molar-refractivity contribution is 6.37. The highest BCUT2D eigenvalue weighted by Gasteiger charge is 2.06. The van der Waals surface area contributed by atoms with Gasteiger partial charge in [0.2, 0.25) is 0 Å². The fourth-order valence-corrected chi connectivity index (χ4v) is 3.49. The third-order valence-corrected chi connectivity index (χ3v) is 4.96. The van der Waals surface area contributed by atoms with E-state index in [1.165, 1.54) is 24.6 Å². The van der Waals surface area contributed by atoms with E-state index in [-0.39, 0.29) is 11.5 Å². The van der Waals surface area contributed by atoms with E-state index in [1.807, 2.05) is 0 Å². The summed E-state index contributed by atoms with van der Waals surface area (Å²) in [7, 11) is 0. The molecule has 2 aromatic carbocycles. The van der Waals surface area contributed by atoms with Crippen molar-refractivity contribution in [1.29, 1.82) is 0 Å². The Hall–Kier alpha value is -1.54. The van der Waals surface area contributed by atoms with Crippen LogP contribution in [-0.2, 0) is 0 Å². The molecule has 0 unspecified atom stereocenters. The maximum atomic E-state index is 9.82. The molecule has 0 fully saturated rings. The summed E-state index contributed by atoms with van der Waals surface area (Å²) in [6.07, 6.45) is 3.08. The highest BCUT2D eigenvalue weighted by atomic mass is 35.5. The first-order valence-electron chi connectivity index (χ1n) is 9.15. The monoisotopic (exact) mass is 490 g/mol. The van der Waals surface area contributed by atoms with E-state index in [0.29, 0.717) is 57.4 Å². The molecule has 4 N–H and O–H groups in total. The summed E-state index contributed by atoms with van der Waals surface area (Å²) in [5, 5.41) is 27.6. The minimum absolute atomic E-state index is 0.00427. The van der Waals surface area contributed by atoms with Crippen LogP contribution in [0.5, 0.6) is 11.5 Å². The van der Waals surface area contributed by atoms with Crippen LogP contribution in [0.1, 0.15) is 11.1 Å². The van der Waals surface area contributed by atoms with Crippen molar-refractivity contribution in [2.75, 3.05) is 39.3 Å². The second kappa shape index (κ2) is 13.0. The summed E-state index contributed by atoms with van der Waals surface area (Å²) in [5.74, 6) is 0.00855. The average molecular weight is 492 g/mol. The molecule has 0 atom stereocenters. The number of hydrogen-bond donors (Lipinski definition) is 4. The zero-order valence-corrected chi connectivity index (χ0v) is 19.0. The smallest absolute Gasteiger partial charge is 0.127 e. The lowest BCUT2D eigenvalue weighted by Crippen LogP contribution is -2.30. The van der Waals surface area contributed by atoms with Gasteiger partial charge in [-0.3, -0.25) is 9.98 Å². The molecule has 0 radical (unpaired) electrons. The van der Waals surface area contributed by atoms with Gasteiger partial charge in [-0.1, -0.05) is 46.4 Å². The molecule has 30 heavy (non-hydrogen) atoms. The van der Waals surface area contributed by atoms with Crippen molar-refractivity contribution in [3.05, 3.63) is 55.5 Å². The Kier molecular flexibility index (Phi) is 10.7. The predicted octanol–water partition coefficient (Wildman–Crippen LogP) is 4.43. The molecule has 0 saturated heterocycles. The van der Waals surface area contributed by atoms with E-state index in [4.69, 9.17) is 46.4 Å². The van der Waals surface area contributed by atoms with Crippen molar-refractivity contribution in [3.8, 4) is 11.5 Å². The Balaban J connectivity index is 1.56. The van der Waals surface area contributed by atoms with Crippen molar-refractivity contribution in [2.24, 2.45) is 9.98 Å². The molecule has 0 aliphatic carbocycles. The molecule has 0 bridgehead atoms. The van der Waals surface area contributed by atoms with Crippen LogP contribution in [-0.4, -0.2) is 61.9 Å². The molecule has 0 amide bonds. The van der Waals surface area contributed by atoms with Crippen molar-refractivity contribution in [1.82, 2.24) is 10.6 Å². The van der Waals surface area contributed by atoms with Crippen LogP contribution in [0.15, 0.2) is 34.3 Å². The molecular formula is C20H22Cl4N4O2. The van der Waals surface area contributed by atoms with Crippen LogP contribution < -0.4 is 10.6 Å². The van der Waals surface area contributed by atoms with Crippen LogP contribution in [0.2, 0.25) is 20.1 Å². The van der Waals surface area contributed by atoms with E-state index in [1.54, 1.807) is 12.1 Å². The second-order valence-corrected chi connectivity index (χ2v) is 7.90. The van der Waals surface area contributed by atoms with Crippen LogP contribution in [0.4, 0.5) is 0 Å². The minimum atomic E-state index is 0.00427. The van der Waals surface area contributed by atoms with Crippen molar-refractivity contribution in [3.63, 3.8) is 0 Å². The maximum Gasteiger partial charge on any atom is 0.127 e. The molecule has 0 saturated carbocycles. The lowest BCUT2D eigenvalue weighted by molar-refractivity contribution is 0.474. The average Bonchev–Trinajstić information content (AvgIpc) is 2.65. The number of nitrogens with zero attached hydrogens (tertiary/aromatic N) is 2. The topological polar surface area (TPSA) is 89.2 Å². The predicted molar refractivity (Wildman–Crippen MR) is 127 cm³/mol. The lowest BCUT2D eigenvalue weighted by Gasteiger charge is -2.05. The highest BCUT2D eigenvalue weighted by Crippen LogP contribution is 2.29. The van der Waals surface area contributed by atoms with Crippen molar-refractivity contribution >= 4 is 58.8 Å². The Morgan fingerprint density at radius 3 is 1.43 bits per heavy atom. The Labute approximate surface area is 195 Å². The third-order valence-electron chi connectivity index (χ3n) is 3.90. The van der Waals surface area contributed by atoms with Gasteiger partial charge in [-0.25, -0.2) is 0 Å². The van der Waals surface area contributed by atoms with E-state index in [9.17, 15) is 10.2 Å². The standard InChI is InChI=1S/C20H22Cl4N4O2/c21-13-7-17(23)15(19(29)9-13)11-27-5-3-25-1-2-26-4-6-28-12-16-18(24)8-14(22)10-20(16)30/h7-12,25-26,29-30H,1-6H2. The van der Waals surface area contributed by atoms with E-state index >= 15 is 0 Å². The summed E-state index contributed by atoms with van der Waals surface area (Å²) in [5.41, 5.74) is 0.910. The molecule has 162 valence electrons. The van der Waals surface area contributed by atoms with Gasteiger partial charge >= 0.3 is 0 Å². The summed E-state index contributed by atoms with van der Waals surface area (Å²) >= 11 is 23.7. The number of hydrogen-bond acceptors (Lipinski definition) is 6. The number of phenolic OH excluding ortho intramolecular Hbond substituents is 2. The van der Waals surface area contributed by atoms with Gasteiger partial charge in [0.15, 0.2) is 0 Å². The number of nitrogens with one attached hydrogen (secondary N) is 2. The summed E-state index contributed by atoms with van der Waals surface area (Å²) in [4.78, 5) is 8.49. The Morgan fingerprint density at radius 1 is 0.667 bits per heavy atom. The quantitative estimate of drug-likeness (QED) is 0.276. The number of phenols is 2. The normalized spacial score (nSPS) is 11.7. The van der Waals surface area contributed by atoms with Gasteiger partial charge in [0.05, 0.1) is 34.3 Å². The van der Waals surface area contributed by atoms with Gasteiger partial charge in [-0.2, -0.15) is 0 Å². The summed E-state index contributed by atoms with van der Waals surface area (Å²) in [6.45, 7) is 4.03. The van der Waals surface area contributed by atoms with E-state index in [0.717, 1.165) is 13.1 Å². The van der Waals surface area contributed by atoms with Gasteiger partial charge < -0.3 is 20.8 Å². The number of aliphatic imine (C=N–C) groups is 2.